The number of ether oxygens (including phenoxy) is 2. The van der Waals surface area contributed by atoms with Crippen molar-refractivity contribution in [3.8, 4) is 17.2 Å². The van der Waals surface area contributed by atoms with Crippen LogP contribution in [0.3, 0.4) is 0 Å². The molecule has 0 aliphatic rings. The number of nitrogens with zero attached hydrogens (tertiary/aromatic N) is 2. The molecule has 0 atom stereocenters. The van der Waals surface area contributed by atoms with Gasteiger partial charge in [0.1, 0.15) is 11.5 Å². The van der Waals surface area contributed by atoms with Crippen LogP contribution in [0.1, 0.15) is 27.0 Å². The molecule has 8 heteroatoms. The maximum Gasteiger partial charge on any atom is 0.416 e. The monoisotopic (exact) mass is 494 g/mol. The van der Waals surface area contributed by atoms with Crippen molar-refractivity contribution in [1.82, 2.24) is 9.47 Å². The van der Waals surface area contributed by atoms with Crippen LogP contribution in [0.15, 0.2) is 91.3 Å². The summed E-state index contributed by atoms with van der Waals surface area (Å²) in [7, 11) is 3.08. The Morgan fingerprint density at radius 3 is 2.19 bits per heavy atom. The molecule has 1 amide bonds. The van der Waals surface area contributed by atoms with Crippen LogP contribution in [0.25, 0.3) is 5.69 Å². The average Bonchev–Trinajstić information content (AvgIpc) is 3.43. The predicted octanol–water partition coefficient (Wildman–Crippen LogP) is 6.36. The molecule has 1 heterocycles. The van der Waals surface area contributed by atoms with Crippen molar-refractivity contribution in [2.24, 2.45) is 0 Å². The lowest BCUT2D eigenvalue weighted by atomic mass is 10.1. The highest BCUT2D eigenvalue weighted by atomic mass is 19.4. The van der Waals surface area contributed by atoms with Crippen molar-refractivity contribution in [2.75, 3.05) is 14.2 Å². The Morgan fingerprint density at radius 2 is 1.56 bits per heavy atom. The molecule has 4 aromatic rings. The first kappa shape index (κ1) is 24.9. The first-order chi connectivity index (χ1) is 17.3. The van der Waals surface area contributed by atoms with Gasteiger partial charge in [-0.3, -0.25) is 4.79 Å². The van der Waals surface area contributed by atoms with Gasteiger partial charge in [-0.05, 0) is 54.1 Å². The molecule has 0 unspecified atom stereocenters. The maximum absolute atomic E-state index is 13.9. The van der Waals surface area contributed by atoms with Gasteiger partial charge in [0.15, 0.2) is 0 Å². The summed E-state index contributed by atoms with van der Waals surface area (Å²) in [6.45, 7) is 0.277. The molecule has 36 heavy (non-hydrogen) atoms. The van der Waals surface area contributed by atoms with Crippen molar-refractivity contribution < 1.29 is 27.4 Å². The average molecular weight is 495 g/mol. The quantitative estimate of drug-likeness (QED) is 0.287. The Kier molecular flexibility index (Phi) is 7.33. The van der Waals surface area contributed by atoms with Gasteiger partial charge in [0.2, 0.25) is 0 Å². The number of hydrogen-bond donors (Lipinski definition) is 0. The topological polar surface area (TPSA) is 43.7 Å². The number of amides is 1. The summed E-state index contributed by atoms with van der Waals surface area (Å²) in [5.41, 5.74) is 1.73. The fraction of sp³-hybridized carbons (Fsp3) is 0.179. The number of benzene rings is 3. The van der Waals surface area contributed by atoms with Gasteiger partial charge in [0, 0.05) is 37.1 Å². The van der Waals surface area contributed by atoms with E-state index in [2.05, 4.69) is 0 Å². The van der Waals surface area contributed by atoms with Crippen LogP contribution in [-0.2, 0) is 19.3 Å². The van der Waals surface area contributed by atoms with E-state index in [0.29, 0.717) is 28.3 Å². The van der Waals surface area contributed by atoms with E-state index in [-0.39, 0.29) is 19.0 Å². The predicted molar refractivity (Wildman–Crippen MR) is 130 cm³/mol. The van der Waals surface area contributed by atoms with Gasteiger partial charge in [-0.1, -0.05) is 24.3 Å². The van der Waals surface area contributed by atoms with Crippen LogP contribution < -0.4 is 9.47 Å². The van der Waals surface area contributed by atoms with E-state index < -0.39 is 11.7 Å². The SMILES string of the molecule is COc1ccc(CN(Cc2ccc(C(F)(F)F)cc2)C(=O)c2ccccc2-n2cccc2)c(OC)c1. The fourth-order valence-electron chi connectivity index (χ4n) is 3.95. The number of rotatable bonds is 8. The number of halogens is 3. The normalized spacial score (nSPS) is 11.2. The van der Waals surface area contributed by atoms with Gasteiger partial charge in [0.25, 0.3) is 5.91 Å². The van der Waals surface area contributed by atoms with Crippen LogP contribution in [0.2, 0.25) is 0 Å². The van der Waals surface area contributed by atoms with E-state index in [9.17, 15) is 18.0 Å². The molecule has 0 aliphatic carbocycles. The lowest BCUT2D eigenvalue weighted by Gasteiger charge is -2.25. The van der Waals surface area contributed by atoms with Gasteiger partial charge in [-0.15, -0.1) is 0 Å². The minimum absolute atomic E-state index is 0.103. The standard InChI is InChI=1S/C28H25F3N2O3/c1-35-23-14-11-21(26(17-23)36-2)19-33(18-20-9-12-22(13-10-20)28(29,30)31)27(34)24-7-3-4-8-25(24)32-15-5-6-16-32/h3-17H,18-19H2,1-2H3. The lowest BCUT2D eigenvalue weighted by Crippen LogP contribution is -2.31. The van der Waals surface area contributed by atoms with Crippen LogP contribution in [0.5, 0.6) is 11.5 Å². The number of aromatic nitrogens is 1. The Balaban J connectivity index is 1.71. The second-order valence-electron chi connectivity index (χ2n) is 8.14. The highest BCUT2D eigenvalue weighted by Gasteiger charge is 2.30. The first-order valence-corrected chi connectivity index (χ1v) is 11.2. The molecule has 3 aromatic carbocycles. The largest absolute Gasteiger partial charge is 0.497 e. The minimum Gasteiger partial charge on any atom is -0.497 e. The molecule has 0 saturated carbocycles. The Hall–Kier alpha value is -4.20. The molecule has 0 fully saturated rings. The number of hydrogen-bond acceptors (Lipinski definition) is 3. The molecule has 5 nitrogen and oxygen atoms in total. The van der Waals surface area contributed by atoms with E-state index in [1.165, 1.54) is 19.2 Å². The van der Waals surface area contributed by atoms with E-state index in [1.807, 2.05) is 47.3 Å². The molecule has 0 bridgehead atoms. The van der Waals surface area contributed by atoms with Crippen molar-refractivity contribution in [2.45, 2.75) is 19.3 Å². The number of alkyl halides is 3. The molecule has 4 rings (SSSR count). The van der Waals surface area contributed by atoms with Crippen LogP contribution >= 0.6 is 0 Å². The number of para-hydroxylation sites is 1. The summed E-state index contributed by atoms with van der Waals surface area (Å²) in [5, 5.41) is 0. The maximum atomic E-state index is 13.9. The van der Waals surface area contributed by atoms with Crippen molar-refractivity contribution in [3.05, 3.63) is 114 Å². The van der Waals surface area contributed by atoms with Crippen LogP contribution in [0, 0.1) is 0 Å². The highest BCUT2D eigenvalue weighted by molar-refractivity contribution is 5.97. The summed E-state index contributed by atoms with van der Waals surface area (Å²) in [5.74, 6) is 0.879. The van der Waals surface area contributed by atoms with Crippen molar-refractivity contribution in [3.63, 3.8) is 0 Å². The number of carbonyl (C=O) groups excluding carboxylic acids is 1. The molecule has 0 N–H and O–H groups in total. The summed E-state index contributed by atoms with van der Waals surface area (Å²) in [6, 6.07) is 21.1. The molecule has 0 spiro atoms. The van der Waals surface area contributed by atoms with Gasteiger partial charge in [0.05, 0.1) is 31.0 Å². The van der Waals surface area contributed by atoms with E-state index >= 15 is 0 Å². The summed E-state index contributed by atoms with van der Waals surface area (Å²) < 4.78 is 51.8. The molecule has 186 valence electrons. The first-order valence-electron chi connectivity index (χ1n) is 11.2. The summed E-state index contributed by atoms with van der Waals surface area (Å²) in [4.78, 5) is 15.5. The van der Waals surface area contributed by atoms with Gasteiger partial charge in [-0.25, -0.2) is 0 Å². The zero-order valence-electron chi connectivity index (χ0n) is 19.8. The Labute approximate surface area is 207 Å². The van der Waals surface area contributed by atoms with Gasteiger partial charge in [-0.2, -0.15) is 13.2 Å². The molecular weight excluding hydrogens is 469 g/mol. The molecule has 1 aromatic heterocycles. The van der Waals surface area contributed by atoms with Crippen molar-refractivity contribution >= 4 is 5.91 Å². The third-order valence-electron chi connectivity index (χ3n) is 5.81. The third-order valence-corrected chi connectivity index (χ3v) is 5.81. The van der Waals surface area contributed by atoms with Gasteiger partial charge >= 0.3 is 6.18 Å². The Morgan fingerprint density at radius 1 is 0.861 bits per heavy atom. The summed E-state index contributed by atoms with van der Waals surface area (Å²) in [6.07, 6.45) is -0.738. The van der Waals surface area contributed by atoms with Gasteiger partial charge < -0.3 is 18.9 Å². The lowest BCUT2D eigenvalue weighted by molar-refractivity contribution is -0.137. The third kappa shape index (κ3) is 5.54. The smallest absolute Gasteiger partial charge is 0.416 e. The van der Waals surface area contributed by atoms with Crippen molar-refractivity contribution in [1.29, 1.82) is 0 Å². The second kappa shape index (κ2) is 10.6. The highest BCUT2D eigenvalue weighted by Crippen LogP contribution is 2.30. The zero-order valence-corrected chi connectivity index (χ0v) is 19.8. The fourth-order valence-corrected chi connectivity index (χ4v) is 3.95. The molecule has 0 saturated heterocycles. The van der Waals surface area contributed by atoms with E-state index in [4.69, 9.17) is 9.47 Å². The van der Waals surface area contributed by atoms with E-state index in [1.54, 1.807) is 36.3 Å². The van der Waals surface area contributed by atoms with Crippen LogP contribution in [-0.4, -0.2) is 29.6 Å². The number of methoxy groups -OCH3 is 2. The zero-order chi connectivity index (χ0) is 25.7. The number of carbonyl (C=O) groups is 1. The molecule has 0 radical (unpaired) electrons. The second-order valence-corrected chi connectivity index (χ2v) is 8.14. The summed E-state index contributed by atoms with van der Waals surface area (Å²) >= 11 is 0. The molecular formula is C28H25F3N2O3. The van der Waals surface area contributed by atoms with E-state index in [0.717, 1.165) is 17.7 Å². The Bertz CT molecular complexity index is 1320. The minimum atomic E-state index is -4.43. The molecule has 0 aliphatic heterocycles. The van der Waals surface area contributed by atoms with Crippen LogP contribution in [0.4, 0.5) is 13.2 Å².